The van der Waals surface area contributed by atoms with E-state index in [1.165, 1.54) is 7.11 Å². The average molecular weight is 477 g/mol. The third kappa shape index (κ3) is 6.18. The van der Waals surface area contributed by atoms with E-state index in [9.17, 15) is 9.59 Å². The van der Waals surface area contributed by atoms with Crippen molar-refractivity contribution in [3.63, 3.8) is 0 Å². The highest BCUT2D eigenvalue weighted by Crippen LogP contribution is 2.18. The van der Waals surface area contributed by atoms with Gasteiger partial charge in [0.1, 0.15) is 18.1 Å². The molecule has 6 nitrogen and oxygen atoms in total. The molecule has 0 aliphatic rings. The molecule has 0 saturated carbocycles. The smallest absolute Gasteiger partial charge is 0.337 e. The molecule has 0 N–H and O–H groups in total. The molecule has 4 aromatic carbocycles. The molecule has 0 amide bonds. The molecule has 0 saturated heterocycles. The van der Waals surface area contributed by atoms with Gasteiger partial charge in [-0.1, -0.05) is 84.9 Å². The van der Waals surface area contributed by atoms with E-state index in [-0.39, 0.29) is 17.5 Å². The van der Waals surface area contributed by atoms with Crippen molar-refractivity contribution in [3.05, 3.63) is 137 Å². The summed E-state index contributed by atoms with van der Waals surface area (Å²) < 4.78 is 10.7. The number of carbonyl (C=O) groups excluding carboxylic acids is 2. The van der Waals surface area contributed by atoms with E-state index in [1.54, 1.807) is 30.5 Å². The zero-order valence-electron chi connectivity index (χ0n) is 19.7. The Morgan fingerprint density at radius 2 is 1.33 bits per heavy atom. The van der Waals surface area contributed by atoms with Crippen LogP contribution < -0.4 is 4.74 Å². The largest absolute Gasteiger partial charge is 0.488 e. The minimum absolute atomic E-state index is 0.209. The Labute approximate surface area is 209 Å². The predicted molar refractivity (Wildman–Crippen MR) is 140 cm³/mol. The number of methoxy groups -OCH3 is 1. The fourth-order valence-electron chi connectivity index (χ4n) is 3.44. The van der Waals surface area contributed by atoms with E-state index < -0.39 is 0 Å². The molecule has 0 aliphatic carbocycles. The fourth-order valence-corrected chi connectivity index (χ4v) is 3.44. The highest BCUT2D eigenvalue weighted by molar-refractivity contribution is 6.51. The maximum Gasteiger partial charge on any atom is 0.337 e. The summed E-state index contributed by atoms with van der Waals surface area (Å²) in [7, 11) is 1.35. The van der Waals surface area contributed by atoms with Crippen molar-refractivity contribution < 1.29 is 19.1 Å². The Kier molecular flexibility index (Phi) is 8.12. The first kappa shape index (κ1) is 24.3. The molecular weight excluding hydrogens is 452 g/mol. The second kappa shape index (κ2) is 12.0. The molecule has 0 bridgehead atoms. The second-order valence-corrected chi connectivity index (χ2v) is 7.77. The van der Waals surface area contributed by atoms with Crippen LogP contribution in [-0.4, -0.2) is 30.8 Å². The van der Waals surface area contributed by atoms with Crippen LogP contribution in [-0.2, 0) is 11.3 Å². The first-order chi connectivity index (χ1) is 17.7. The highest BCUT2D eigenvalue weighted by atomic mass is 16.5. The quantitative estimate of drug-likeness (QED) is 0.133. The van der Waals surface area contributed by atoms with Gasteiger partial charge in [0, 0.05) is 16.7 Å². The number of hydrogen-bond acceptors (Lipinski definition) is 6. The lowest BCUT2D eigenvalue weighted by Gasteiger charge is -2.09. The molecule has 0 atom stereocenters. The van der Waals surface area contributed by atoms with Crippen molar-refractivity contribution in [1.82, 2.24) is 0 Å². The number of ether oxygens (including phenoxy) is 2. The van der Waals surface area contributed by atoms with Crippen LogP contribution in [0.15, 0.2) is 119 Å². The van der Waals surface area contributed by atoms with Crippen LogP contribution in [0.25, 0.3) is 0 Å². The van der Waals surface area contributed by atoms with E-state index in [1.807, 2.05) is 84.9 Å². The number of ketones is 1. The third-order valence-corrected chi connectivity index (χ3v) is 5.34. The van der Waals surface area contributed by atoms with Gasteiger partial charge in [-0.15, -0.1) is 5.10 Å². The number of esters is 1. The van der Waals surface area contributed by atoms with Crippen molar-refractivity contribution >= 4 is 23.7 Å². The van der Waals surface area contributed by atoms with Crippen LogP contribution in [0.2, 0.25) is 0 Å². The lowest BCUT2D eigenvalue weighted by atomic mass is 10.0. The first-order valence-corrected chi connectivity index (χ1v) is 11.3. The molecule has 6 heteroatoms. The van der Waals surface area contributed by atoms with E-state index in [0.717, 1.165) is 5.56 Å². The van der Waals surface area contributed by atoms with Gasteiger partial charge in [0.2, 0.25) is 5.78 Å². The molecule has 0 heterocycles. The molecule has 36 heavy (non-hydrogen) atoms. The number of para-hydroxylation sites is 1. The number of Topliss-reactive ketones (excluding diaryl/α,β-unsaturated/α-hetero) is 1. The van der Waals surface area contributed by atoms with Gasteiger partial charge in [0.25, 0.3) is 0 Å². The zero-order chi connectivity index (χ0) is 25.2. The summed E-state index contributed by atoms with van der Waals surface area (Å²) in [6, 6.07) is 32.7. The summed E-state index contributed by atoms with van der Waals surface area (Å²) in [5.41, 5.74) is 3.56. The van der Waals surface area contributed by atoms with Crippen molar-refractivity contribution in [2.24, 2.45) is 10.2 Å². The Balaban J connectivity index is 1.53. The van der Waals surface area contributed by atoms with Crippen LogP contribution in [0, 0.1) is 0 Å². The minimum Gasteiger partial charge on any atom is -0.488 e. The molecule has 178 valence electrons. The average Bonchev–Trinajstić information content (AvgIpc) is 2.95. The van der Waals surface area contributed by atoms with Gasteiger partial charge in [-0.05, 0) is 29.8 Å². The third-order valence-electron chi connectivity index (χ3n) is 5.34. The number of hydrogen-bond donors (Lipinski definition) is 0. The Hall–Kier alpha value is -4.84. The molecular formula is C30H24N2O4. The summed E-state index contributed by atoms with van der Waals surface area (Å²) in [6.45, 7) is 0.303. The van der Waals surface area contributed by atoms with Gasteiger partial charge in [-0.3, -0.25) is 4.79 Å². The number of rotatable bonds is 9. The predicted octanol–water partition coefficient (Wildman–Crippen LogP) is 5.76. The van der Waals surface area contributed by atoms with Crippen molar-refractivity contribution in [3.8, 4) is 5.75 Å². The van der Waals surface area contributed by atoms with Gasteiger partial charge in [0.05, 0.1) is 18.9 Å². The van der Waals surface area contributed by atoms with E-state index in [4.69, 9.17) is 9.47 Å². The summed E-state index contributed by atoms with van der Waals surface area (Å²) in [4.78, 5) is 24.8. The van der Waals surface area contributed by atoms with Gasteiger partial charge in [-0.2, -0.15) is 5.10 Å². The van der Waals surface area contributed by atoms with Crippen LogP contribution >= 0.6 is 0 Å². The fraction of sp³-hybridized carbons (Fsp3) is 0.0667. The summed E-state index contributed by atoms with van der Waals surface area (Å²) in [5, 5.41) is 8.53. The van der Waals surface area contributed by atoms with Crippen molar-refractivity contribution in [2.45, 2.75) is 6.61 Å². The van der Waals surface area contributed by atoms with Crippen LogP contribution in [0.3, 0.4) is 0 Å². The van der Waals surface area contributed by atoms with Crippen LogP contribution in [0.1, 0.15) is 37.4 Å². The van der Waals surface area contributed by atoms with Crippen LogP contribution in [0.5, 0.6) is 5.75 Å². The van der Waals surface area contributed by atoms with Gasteiger partial charge < -0.3 is 9.47 Å². The molecule has 0 spiro atoms. The van der Waals surface area contributed by atoms with Gasteiger partial charge in [0.15, 0.2) is 0 Å². The number of carbonyl (C=O) groups is 2. The second-order valence-electron chi connectivity index (χ2n) is 7.77. The molecule has 4 aromatic rings. The minimum atomic E-state index is -0.384. The lowest BCUT2D eigenvalue weighted by Crippen LogP contribution is -2.15. The van der Waals surface area contributed by atoms with E-state index >= 15 is 0 Å². The van der Waals surface area contributed by atoms with E-state index in [2.05, 4.69) is 10.2 Å². The van der Waals surface area contributed by atoms with Crippen LogP contribution in [0.4, 0.5) is 0 Å². The molecule has 4 rings (SSSR count). The van der Waals surface area contributed by atoms with Crippen molar-refractivity contribution in [2.75, 3.05) is 7.11 Å². The summed E-state index contributed by atoms with van der Waals surface area (Å²) in [5.74, 6) is 0.0215. The number of benzene rings is 4. The summed E-state index contributed by atoms with van der Waals surface area (Å²) >= 11 is 0. The number of nitrogens with zero attached hydrogens (tertiary/aromatic N) is 2. The maximum absolute atomic E-state index is 13.1. The Morgan fingerprint density at radius 3 is 2.00 bits per heavy atom. The zero-order valence-corrected chi connectivity index (χ0v) is 19.7. The molecule has 0 unspecified atom stereocenters. The molecule has 0 aromatic heterocycles. The standard InChI is InChI=1S/C30H24N2O4/c1-35-30(34)25-18-16-22(17-19-25)21-36-27-15-9-8-14-26(27)20-31-32-28(23-10-4-2-5-11-23)29(33)24-12-6-3-7-13-24/h2-20H,21H2,1H3/b31-20-,32-28+. The molecule has 0 aliphatic heterocycles. The molecule has 0 fully saturated rings. The maximum atomic E-state index is 13.1. The van der Waals surface area contributed by atoms with E-state index in [0.29, 0.717) is 34.6 Å². The molecule has 0 radical (unpaired) electrons. The first-order valence-electron chi connectivity index (χ1n) is 11.3. The summed E-state index contributed by atoms with van der Waals surface area (Å²) in [6.07, 6.45) is 1.57. The van der Waals surface area contributed by atoms with Crippen molar-refractivity contribution in [1.29, 1.82) is 0 Å². The highest BCUT2D eigenvalue weighted by Gasteiger charge is 2.16. The monoisotopic (exact) mass is 476 g/mol. The Morgan fingerprint density at radius 1 is 0.722 bits per heavy atom. The SMILES string of the molecule is COC(=O)c1ccc(COc2ccccc2/C=N\N=C(\C(=O)c2ccccc2)c2ccccc2)cc1. The topological polar surface area (TPSA) is 77.3 Å². The lowest BCUT2D eigenvalue weighted by molar-refractivity contribution is 0.0600. The normalized spacial score (nSPS) is 11.3. The van der Waals surface area contributed by atoms with Gasteiger partial charge in [-0.25, -0.2) is 4.79 Å². The Bertz CT molecular complexity index is 1380. The van der Waals surface area contributed by atoms with Gasteiger partial charge >= 0.3 is 5.97 Å².